The lowest BCUT2D eigenvalue weighted by molar-refractivity contribution is -0.137. The summed E-state index contributed by atoms with van der Waals surface area (Å²) in [7, 11) is 0. The van der Waals surface area contributed by atoms with Crippen LogP contribution in [0.25, 0.3) is 6.08 Å². The summed E-state index contributed by atoms with van der Waals surface area (Å²) >= 11 is 0. The zero-order valence-electron chi connectivity index (χ0n) is 8.84. The van der Waals surface area contributed by atoms with Crippen LogP contribution in [0, 0.1) is 0 Å². The Morgan fingerprint density at radius 3 is 2.39 bits per heavy atom. The summed E-state index contributed by atoms with van der Waals surface area (Å²) in [6.07, 6.45) is -3.27. The molecule has 0 radical (unpaired) electrons. The smallest absolute Gasteiger partial charge is 0.303 e. The Balaban J connectivity index is 2.33. The molecule has 0 atom stereocenters. The van der Waals surface area contributed by atoms with Crippen LogP contribution in [0.5, 0.6) is 0 Å². The SMILES string of the molecule is O=C1NC(=O)C(=Cc2cccc(C(F)(F)F)c2)N1. The average molecular weight is 256 g/mol. The fourth-order valence-corrected chi connectivity index (χ4v) is 1.45. The molecule has 4 nitrogen and oxygen atoms in total. The van der Waals surface area contributed by atoms with Crippen LogP contribution in [0.1, 0.15) is 11.1 Å². The van der Waals surface area contributed by atoms with E-state index in [4.69, 9.17) is 0 Å². The van der Waals surface area contributed by atoms with E-state index >= 15 is 0 Å². The summed E-state index contributed by atoms with van der Waals surface area (Å²) in [5.41, 5.74) is -0.724. The van der Waals surface area contributed by atoms with Gasteiger partial charge in [0.2, 0.25) is 0 Å². The summed E-state index contributed by atoms with van der Waals surface area (Å²) in [5.74, 6) is -0.669. The van der Waals surface area contributed by atoms with Crippen LogP contribution in [0.4, 0.5) is 18.0 Å². The number of halogens is 3. The maximum atomic E-state index is 12.5. The molecule has 2 rings (SSSR count). The fourth-order valence-electron chi connectivity index (χ4n) is 1.45. The largest absolute Gasteiger partial charge is 0.416 e. The van der Waals surface area contributed by atoms with E-state index in [1.807, 2.05) is 5.32 Å². The minimum Gasteiger partial charge on any atom is -0.303 e. The quantitative estimate of drug-likeness (QED) is 0.595. The molecular weight excluding hydrogens is 249 g/mol. The van der Waals surface area contributed by atoms with E-state index in [1.54, 1.807) is 0 Å². The Morgan fingerprint density at radius 2 is 1.83 bits per heavy atom. The lowest BCUT2D eigenvalue weighted by atomic mass is 10.1. The van der Waals surface area contributed by atoms with E-state index in [9.17, 15) is 22.8 Å². The first-order chi connectivity index (χ1) is 8.36. The van der Waals surface area contributed by atoms with Crippen molar-refractivity contribution in [3.63, 3.8) is 0 Å². The van der Waals surface area contributed by atoms with Crippen molar-refractivity contribution in [3.8, 4) is 0 Å². The standard InChI is InChI=1S/C11H7F3N2O2/c12-11(13,14)7-3-1-2-6(4-7)5-8-9(17)16-10(18)15-8/h1-5H,(H2,15,16,17,18). The molecule has 1 aromatic carbocycles. The second-order valence-corrected chi connectivity index (χ2v) is 3.59. The molecular formula is C11H7F3N2O2. The molecule has 7 heteroatoms. The summed E-state index contributed by atoms with van der Waals surface area (Å²) < 4.78 is 37.4. The Labute approximate surface area is 99.5 Å². The van der Waals surface area contributed by atoms with Gasteiger partial charge in [0.05, 0.1) is 5.56 Å². The summed E-state index contributed by atoms with van der Waals surface area (Å²) in [6, 6.07) is 3.75. The molecule has 1 heterocycles. The van der Waals surface area contributed by atoms with Gasteiger partial charge < -0.3 is 5.32 Å². The molecule has 3 amide bonds. The molecule has 18 heavy (non-hydrogen) atoms. The van der Waals surface area contributed by atoms with Crippen molar-refractivity contribution in [1.29, 1.82) is 0 Å². The molecule has 0 unspecified atom stereocenters. The van der Waals surface area contributed by atoms with Crippen molar-refractivity contribution < 1.29 is 22.8 Å². The van der Waals surface area contributed by atoms with Crippen LogP contribution >= 0.6 is 0 Å². The number of rotatable bonds is 1. The van der Waals surface area contributed by atoms with E-state index < -0.39 is 23.7 Å². The molecule has 0 aliphatic carbocycles. The Bertz CT molecular complexity index is 549. The highest BCUT2D eigenvalue weighted by Gasteiger charge is 2.30. The van der Waals surface area contributed by atoms with E-state index in [1.165, 1.54) is 18.2 Å². The van der Waals surface area contributed by atoms with Crippen molar-refractivity contribution in [2.75, 3.05) is 0 Å². The monoisotopic (exact) mass is 256 g/mol. The predicted molar refractivity (Wildman–Crippen MR) is 56.1 cm³/mol. The van der Waals surface area contributed by atoms with Gasteiger partial charge in [-0.1, -0.05) is 12.1 Å². The van der Waals surface area contributed by atoms with Crippen molar-refractivity contribution >= 4 is 18.0 Å². The zero-order chi connectivity index (χ0) is 13.3. The molecule has 0 saturated carbocycles. The second-order valence-electron chi connectivity index (χ2n) is 3.59. The van der Waals surface area contributed by atoms with Gasteiger partial charge in [-0.25, -0.2) is 4.79 Å². The Morgan fingerprint density at radius 1 is 1.11 bits per heavy atom. The topological polar surface area (TPSA) is 58.2 Å². The third-order valence-electron chi connectivity index (χ3n) is 2.24. The van der Waals surface area contributed by atoms with Crippen LogP contribution in [0.15, 0.2) is 30.0 Å². The minimum absolute atomic E-state index is 0.0840. The lowest BCUT2D eigenvalue weighted by Gasteiger charge is -2.06. The van der Waals surface area contributed by atoms with Crippen molar-refractivity contribution in [2.24, 2.45) is 0 Å². The highest BCUT2D eigenvalue weighted by molar-refractivity contribution is 6.13. The van der Waals surface area contributed by atoms with Crippen molar-refractivity contribution in [3.05, 3.63) is 41.1 Å². The van der Waals surface area contributed by atoms with E-state index in [0.717, 1.165) is 12.1 Å². The van der Waals surface area contributed by atoms with Crippen LogP contribution in [-0.4, -0.2) is 11.9 Å². The lowest BCUT2D eigenvalue weighted by Crippen LogP contribution is -2.22. The number of carbonyl (C=O) groups excluding carboxylic acids is 2. The fraction of sp³-hybridized carbons (Fsp3) is 0.0909. The van der Waals surface area contributed by atoms with Gasteiger partial charge in [-0.15, -0.1) is 0 Å². The van der Waals surface area contributed by atoms with Gasteiger partial charge in [0, 0.05) is 0 Å². The van der Waals surface area contributed by atoms with Crippen LogP contribution < -0.4 is 10.6 Å². The molecule has 1 aliphatic heterocycles. The third-order valence-corrected chi connectivity index (χ3v) is 2.24. The number of amides is 3. The summed E-state index contributed by atoms with van der Waals surface area (Å²) in [4.78, 5) is 22.0. The molecule has 0 aromatic heterocycles. The van der Waals surface area contributed by atoms with Gasteiger partial charge in [0.25, 0.3) is 5.91 Å². The summed E-state index contributed by atoms with van der Waals surface area (Å²) in [5, 5.41) is 4.14. The first-order valence-corrected chi connectivity index (χ1v) is 4.87. The molecule has 1 saturated heterocycles. The van der Waals surface area contributed by atoms with Crippen LogP contribution in [0.2, 0.25) is 0 Å². The predicted octanol–water partition coefficient (Wildman–Crippen LogP) is 1.89. The van der Waals surface area contributed by atoms with Gasteiger partial charge in [0.1, 0.15) is 5.70 Å². The number of nitrogens with one attached hydrogen (secondary N) is 2. The number of imide groups is 1. The maximum absolute atomic E-state index is 12.5. The number of hydrogen-bond donors (Lipinski definition) is 2. The molecule has 94 valence electrons. The van der Waals surface area contributed by atoms with Crippen molar-refractivity contribution in [1.82, 2.24) is 10.6 Å². The average Bonchev–Trinajstić information content (AvgIpc) is 2.56. The third kappa shape index (κ3) is 2.50. The molecule has 1 aliphatic rings. The van der Waals surface area contributed by atoms with Gasteiger partial charge in [-0.3, -0.25) is 10.1 Å². The minimum atomic E-state index is -4.45. The van der Waals surface area contributed by atoms with Gasteiger partial charge in [-0.05, 0) is 23.8 Å². The van der Waals surface area contributed by atoms with Gasteiger partial charge in [0.15, 0.2) is 0 Å². The molecule has 2 N–H and O–H groups in total. The summed E-state index contributed by atoms with van der Waals surface area (Å²) in [6.45, 7) is 0. The van der Waals surface area contributed by atoms with Crippen LogP contribution in [-0.2, 0) is 11.0 Å². The van der Waals surface area contributed by atoms with E-state index in [0.29, 0.717) is 0 Å². The van der Waals surface area contributed by atoms with Crippen molar-refractivity contribution in [2.45, 2.75) is 6.18 Å². The first-order valence-electron chi connectivity index (χ1n) is 4.87. The van der Waals surface area contributed by atoms with E-state index in [2.05, 4.69) is 5.32 Å². The van der Waals surface area contributed by atoms with Crippen LogP contribution in [0.3, 0.4) is 0 Å². The molecule has 1 aromatic rings. The Hall–Kier alpha value is -2.31. The number of carbonyl (C=O) groups is 2. The number of benzene rings is 1. The van der Waals surface area contributed by atoms with Gasteiger partial charge in [-0.2, -0.15) is 13.2 Å². The molecule has 0 spiro atoms. The highest BCUT2D eigenvalue weighted by atomic mass is 19.4. The number of urea groups is 1. The number of alkyl halides is 3. The van der Waals surface area contributed by atoms with Gasteiger partial charge >= 0.3 is 12.2 Å². The number of hydrogen-bond acceptors (Lipinski definition) is 2. The highest BCUT2D eigenvalue weighted by Crippen LogP contribution is 2.29. The second kappa shape index (κ2) is 4.17. The normalized spacial score (nSPS) is 17.8. The van der Waals surface area contributed by atoms with E-state index in [-0.39, 0.29) is 11.3 Å². The maximum Gasteiger partial charge on any atom is 0.416 e. The molecule has 1 fully saturated rings. The Kier molecular flexibility index (Phi) is 2.82. The molecule has 0 bridgehead atoms. The first kappa shape index (κ1) is 12.2. The zero-order valence-corrected chi connectivity index (χ0v) is 8.84.